The lowest BCUT2D eigenvalue weighted by Crippen LogP contribution is -2.32. The molecule has 0 atom stereocenters. The number of nitrogens with zero attached hydrogens (tertiary/aromatic N) is 4. The highest BCUT2D eigenvalue weighted by Crippen LogP contribution is 2.33. The molecule has 1 aliphatic carbocycles. The highest BCUT2D eigenvalue weighted by molar-refractivity contribution is 5.96. The summed E-state index contributed by atoms with van der Waals surface area (Å²) in [6, 6.07) is 3.94. The highest BCUT2D eigenvalue weighted by Gasteiger charge is 2.29. The third-order valence-electron chi connectivity index (χ3n) is 5.36. The van der Waals surface area contributed by atoms with Crippen LogP contribution >= 0.6 is 0 Å². The van der Waals surface area contributed by atoms with Crippen molar-refractivity contribution in [2.75, 3.05) is 32.1 Å². The molecule has 1 saturated carbocycles. The Labute approximate surface area is 163 Å². The van der Waals surface area contributed by atoms with Crippen LogP contribution in [-0.2, 0) is 4.74 Å². The van der Waals surface area contributed by atoms with Crippen molar-refractivity contribution in [1.29, 1.82) is 0 Å². The minimum Gasteiger partial charge on any atom is -0.462 e. The van der Waals surface area contributed by atoms with E-state index in [-0.39, 0.29) is 23.8 Å². The number of nitrogens with one attached hydrogen (secondary N) is 1. The molecule has 4 rings (SSSR count). The number of carbonyl (C=O) groups is 1. The second kappa shape index (κ2) is 7.87. The van der Waals surface area contributed by atoms with Gasteiger partial charge in [-0.1, -0.05) is 0 Å². The average molecular weight is 387 g/mol. The summed E-state index contributed by atoms with van der Waals surface area (Å²) in [4.78, 5) is 18.8. The normalized spacial score (nSPS) is 18.2. The average Bonchev–Trinajstić information content (AvgIpc) is 3.38. The van der Waals surface area contributed by atoms with Gasteiger partial charge in [-0.15, -0.1) is 0 Å². The summed E-state index contributed by atoms with van der Waals surface area (Å²) >= 11 is 0. The maximum Gasteiger partial charge on any atom is 0.341 e. The Morgan fingerprint density at radius 1 is 1.29 bits per heavy atom. The number of aromatic nitrogens is 3. The van der Waals surface area contributed by atoms with Crippen LogP contribution in [0.3, 0.4) is 0 Å². The molecule has 0 bridgehead atoms. The van der Waals surface area contributed by atoms with Crippen LogP contribution in [0.4, 0.5) is 10.2 Å². The number of esters is 1. The van der Waals surface area contributed by atoms with Crippen molar-refractivity contribution in [1.82, 2.24) is 19.7 Å². The van der Waals surface area contributed by atoms with Gasteiger partial charge in [-0.2, -0.15) is 9.49 Å². The summed E-state index contributed by atoms with van der Waals surface area (Å²) in [5, 5.41) is 7.65. The van der Waals surface area contributed by atoms with Crippen LogP contribution in [-0.4, -0.2) is 58.4 Å². The molecule has 1 aliphatic heterocycles. The van der Waals surface area contributed by atoms with E-state index in [2.05, 4.69) is 27.3 Å². The first-order valence-corrected chi connectivity index (χ1v) is 9.93. The van der Waals surface area contributed by atoms with E-state index in [1.165, 1.54) is 6.20 Å². The topological polar surface area (TPSA) is 72.3 Å². The van der Waals surface area contributed by atoms with E-state index in [1.807, 2.05) is 0 Å². The monoisotopic (exact) mass is 387 g/mol. The number of anilines is 1. The fraction of sp³-hybridized carbons (Fsp3) is 0.550. The summed E-state index contributed by atoms with van der Waals surface area (Å²) in [6.07, 6.45) is 5.44. The Balaban J connectivity index is 1.72. The Hall–Kier alpha value is -2.48. The zero-order chi connectivity index (χ0) is 19.7. The molecule has 28 heavy (non-hydrogen) atoms. The van der Waals surface area contributed by atoms with Gasteiger partial charge in [0.1, 0.15) is 11.4 Å². The molecule has 1 N–H and O–H groups in total. The minimum absolute atomic E-state index is 0.109. The van der Waals surface area contributed by atoms with Gasteiger partial charge >= 0.3 is 5.97 Å². The van der Waals surface area contributed by atoms with Gasteiger partial charge in [-0.25, -0.2) is 9.78 Å². The standard InChI is InChI=1S/C20H26FN5O2/c1-3-28-20(27)16-12-22-26(14-8-10-25(2)11-9-14)18(16)15-6-7-17(24-19(15)21)23-13-4-5-13/h6-7,12-14H,3-5,8-11H2,1-2H3,(H,23,24). The number of ether oxygens (including phenoxy) is 1. The van der Waals surface area contributed by atoms with Crippen LogP contribution in [0.1, 0.15) is 49.0 Å². The van der Waals surface area contributed by atoms with E-state index < -0.39 is 11.9 Å². The molecule has 1 saturated heterocycles. The van der Waals surface area contributed by atoms with Crippen LogP contribution in [0.25, 0.3) is 11.3 Å². The van der Waals surface area contributed by atoms with Crippen LogP contribution in [0.2, 0.25) is 0 Å². The van der Waals surface area contributed by atoms with Gasteiger partial charge in [0.15, 0.2) is 0 Å². The van der Waals surface area contributed by atoms with Crippen molar-refractivity contribution in [2.45, 2.75) is 44.7 Å². The Kier molecular flexibility index (Phi) is 5.30. The Morgan fingerprint density at radius 2 is 2.04 bits per heavy atom. The molecule has 2 fully saturated rings. The lowest BCUT2D eigenvalue weighted by atomic mass is 10.0. The highest BCUT2D eigenvalue weighted by atomic mass is 19.1. The van der Waals surface area contributed by atoms with Gasteiger partial charge < -0.3 is 15.0 Å². The quantitative estimate of drug-likeness (QED) is 0.607. The number of piperidine rings is 1. The molecule has 0 amide bonds. The molecule has 2 aliphatic rings. The Bertz CT molecular complexity index is 856. The molecule has 150 valence electrons. The number of hydrogen-bond donors (Lipinski definition) is 1. The third-order valence-corrected chi connectivity index (χ3v) is 5.36. The Morgan fingerprint density at radius 3 is 2.68 bits per heavy atom. The second-order valence-electron chi connectivity index (χ2n) is 7.56. The SMILES string of the molecule is CCOC(=O)c1cnn(C2CCN(C)CC2)c1-c1ccc(NC2CC2)nc1F. The van der Waals surface area contributed by atoms with E-state index in [0.29, 0.717) is 17.6 Å². The molecule has 0 spiro atoms. The molecule has 0 radical (unpaired) electrons. The molecular formula is C20H26FN5O2. The molecule has 0 unspecified atom stereocenters. The predicted molar refractivity (Wildman–Crippen MR) is 104 cm³/mol. The summed E-state index contributed by atoms with van der Waals surface area (Å²) < 4.78 is 21.9. The second-order valence-corrected chi connectivity index (χ2v) is 7.56. The van der Waals surface area contributed by atoms with Gasteiger partial charge in [0.2, 0.25) is 5.95 Å². The summed E-state index contributed by atoms with van der Waals surface area (Å²) in [6.45, 7) is 3.87. The summed E-state index contributed by atoms with van der Waals surface area (Å²) in [5.41, 5.74) is 1.01. The first-order valence-electron chi connectivity index (χ1n) is 9.93. The third kappa shape index (κ3) is 3.87. The van der Waals surface area contributed by atoms with Crippen molar-refractivity contribution in [3.05, 3.63) is 29.8 Å². The van der Waals surface area contributed by atoms with Gasteiger partial charge in [-0.3, -0.25) is 4.68 Å². The van der Waals surface area contributed by atoms with Crippen LogP contribution < -0.4 is 5.32 Å². The number of halogens is 1. The van der Waals surface area contributed by atoms with Crippen LogP contribution in [0.5, 0.6) is 0 Å². The van der Waals surface area contributed by atoms with Crippen molar-refractivity contribution in [3.63, 3.8) is 0 Å². The zero-order valence-corrected chi connectivity index (χ0v) is 16.3. The number of rotatable bonds is 6. The summed E-state index contributed by atoms with van der Waals surface area (Å²) in [7, 11) is 2.08. The van der Waals surface area contributed by atoms with E-state index in [4.69, 9.17) is 4.74 Å². The number of hydrogen-bond acceptors (Lipinski definition) is 6. The molecule has 7 nitrogen and oxygen atoms in total. The molecule has 0 aromatic carbocycles. The van der Waals surface area contributed by atoms with E-state index in [9.17, 15) is 9.18 Å². The molecule has 2 aromatic rings. The van der Waals surface area contributed by atoms with Crippen molar-refractivity contribution < 1.29 is 13.9 Å². The fourth-order valence-electron chi connectivity index (χ4n) is 3.63. The maximum atomic E-state index is 15.0. The summed E-state index contributed by atoms with van der Waals surface area (Å²) in [5.74, 6) is -0.575. The largest absolute Gasteiger partial charge is 0.462 e. The first kappa shape index (κ1) is 18.9. The predicted octanol–water partition coefficient (Wildman–Crippen LogP) is 3.10. The number of pyridine rings is 1. The fourth-order valence-corrected chi connectivity index (χ4v) is 3.63. The van der Waals surface area contributed by atoms with Crippen LogP contribution in [0.15, 0.2) is 18.3 Å². The van der Waals surface area contributed by atoms with Gasteiger partial charge in [0.25, 0.3) is 0 Å². The maximum absolute atomic E-state index is 15.0. The minimum atomic E-state index is -0.606. The molecule has 3 heterocycles. The van der Waals surface area contributed by atoms with Gasteiger partial charge in [0, 0.05) is 6.04 Å². The van der Waals surface area contributed by atoms with Crippen molar-refractivity contribution >= 4 is 11.8 Å². The van der Waals surface area contributed by atoms with Crippen LogP contribution in [0, 0.1) is 5.95 Å². The number of carbonyl (C=O) groups excluding carboxylic acids is 1. The van der Waals surface area contributed by atoms with E-state index in [1.54, 1.807) is 23.7 Å². The molecular weight excluding hydrogens is 361 g/mol. The van der Waals surface area contributed by atoms with Gasteiger partial charge in [-0.05, 0) is 64.9 Å². The smallest absolute Gasteiger partial charge is 0.341 e. The lowest BCUT2D eigenvalue weighted by molar-refractivity contribution is 0.0527. The molecule has 2 aromatic heterocycles. The zero-order valence-electron chi connectivity index (χ0n) is 16.3. The van der Waals surface area contributed by atoms with Crippen molar-refractivity contribution in [2.24, 2.45) is 0 Å². The van der Waals surface area contributed by atoms with Crippen molar-refractivity contribution in [3.8, 4) is 11.3 Å². The molecule has 8 heteroatoms. The van der Waals surface area contributed by atoms with E-state index in [0.717, 1.165) is 38.8 Å². The van der Waals surface area contributed by atoms with E-state index >= 15 is 0 Å². The lowest BCUT2D eigenvalue weighted by Gasteiger charge is -2.30. The number of likely N-dealkylation sites (tertiary alicyclic amines) is 1. The first-order chi connectivity index (χ1) is 13.6. The van der Waals surface area contributed by atoms with Gasteiger partial charge in [0.05, 0.1) is 30.1 Å².